The fourth-order valence-electron chi connectivity index (χ4n) is 1.05. The molecule has 0 aliphatic rings. The third-order valence-corrected chi connectivity index (χ3v) is 1.83. The number of hydrogen-bond acceptors (Lipinski definition) is 4. The van der Waals surface area contributed by atoms with Gasteiger partial charge in [0.2, 0.25) is 0 Å². The highest BCUT2D eigenvalue weighted by Crippen LogP contribution is 1.99. The average Bonchev–Trinajstić information content (AvgIpc) is 2.19. The summed E-state index contributed by atoms with van der Waals surface area (Å²) >= 11 is 5.09. The second-order valence-electron chi connectivity index (χ2n) is 3.08. The summed E-state index contributed by atoms with van der Waals surface area (Å²) in [5.41, 5.74) is 0.764. The van der Waals surface area contributed by atoms with E-state index in [9.17, 15) is 0 Å². The molecule has 1 unspecified atom stereocenters. The van der Waals surface area contributed by atoms with Gasteiger partial charge in [-0.05, 0) is 19.1 Å². The second-order valence-corrected chi connectivity index (χ2v) is 3.49. The maximum atomic E-state index is 5.09. The van der Waals surface area contributed by atoms with Crippen LogP contribution in [0.15, 0.2) is 18.7 Å². The molecule has 0 aliphatic carbocycles. The quantitative estimate of drug-likeness (QED) is 0.741. The Morgan fingerprint density at radius 1 is 1.53 bits per heavy atom. The molecule has 0 fully saturated rings. The molecule has 15 heavy (non-hydrogen) atoms. The highest BCUT2D eigenvalue weighted by atomic mass is 32.1. The maximum absolute atomic E-state index is 5.09. The minimum Gasteiger partial charge on any atom is -0.383 e. The lowest BCUT2D eigenvalue weighted by molar-refractivity contribution is 0.179. The number of methoxy groups -OCH3 is 1. The van der Waals surface area contributed by atoms with E-state index in [-0.39, 0.29) is 6.04 Å². The van der Waals surface area contributed by atoms with Crippen LogP contribution in [-0.2, 0) is 4.74 Å². The van der Waals surface area contributed by atoms with Crippen molar-refractivity contribution in [2.45, 2.75) is 13.0 Å². The summed E-state index contributed by atoms with van der Waals surface area (Å²) in [5.74, 6) is 0. The van der Waals surface area contributed by atoms with E-state index < -0.39 is 0 Å². The minimum atomic E-state index is 0.166. The summed E-state index contributed by atoms with van der Waals surface area (Å²) in [6.07, 6.45) is 4.78. The zero-order valence-corrected chi connectivity index (χ0v) is 9.54. The molecule has 0 spiro atoms. The molecule has 0 aromatic carbocycles. The predicted octanol–water partition coefficient (Wildman–Crippen LogP) is 0.798. The average molecular weight is 226 g/mol. The van der Waals surface area contributed by atoms with E-state index in [1.165, 1.54) is 6.33 Å². The topological polar surface area (TPSA) is 59.1 Å². The summed E-state index contributed by atoms with van der Waals surface area (Å²) in [5, 5.41) is 6.58. The van der Waals surface area contributed by atoms with E-state index in [0.717, 1.165) is 5.69 Å². The number of hydrogen-bond donors (Lipinski definition) is 2. The van der Waals surface area contributed by atoms with E-state index in [4.69, 9.17) is 17.0 Å². The summed E-state index contributed by atoms with van der Waals surface area (Å²) in [6.45, 7) is 2.59. The third-order valence-electron chi connectivity index (χ3n) is 1.61. The van der Waals surface area contributed by atoms with Crippen LogP contribution in [0.3, 0.4) is 0 Å². The first-order chi connectivity index (χ1) is 7.22. The van der Waals surface area contributed by atoms with Crippen molar-refractivity contribution in [2.75, 3.05) is 19.0 Å². The lowest BCUT2D eigenvalue weighted by Gasteiger charge is -2.15. The van der Waals surface area contributed by atoms with Crippen LogP contribution in [0.5, 0.6) is 0 Å². The summed E-state index contributed by atoms with van der Waals surface area (Å²) in [4.78, 5) is 7.74. The van der Waals surface area contributed by atoms with Gasteiger partial charge in [0, 0.05) is 13.2 Å². The molecule has 1 aromatic rings. The van der Waals surface area contributed by atoms with Crippen LogP contribution < -0.4 is 10.6 Å². The van der Waals surface area contributed by atoms with Crippen molar-refractivity contribution in [3.63, 3.8) is 0 Å². The molecule has 6 heteroatoms. The number of thiocarbonyl (C=S) groups is 1. The van der Waals surface area contributed by atoms with Crippen LogP contribution in [0.4, 0.5) is 5.69 Å². The third kappa shape index (κ3) is 4.66. The van der Waals surface area contributed by atoms with E-state index >= 15 is 0 Å². The Morgan fingerprint density at radius 2 is 2.20 bits per heavy atom. The molecule has 5 nitrogen and oxygen atoms in total. The van der Waals surface area contributed by atoms with Gasteiger partial charge >= 0.3 is 0 Å². The largest absolute Gasteiger partial charge is 0.383 e. The Kier molecular flexibility index (Phi) is 4.92. The zero-order valence-electron chi connectivity index (χ0n) is 8.73. The molecule has 0 saturated carbocycles. The van der Waals surface area contributed by atoms with E-state index in [2.05, 4.69) is 20.6 Å². The zero-order chi connectivity index (χ0) is 11.1. The summed E-state index contributed by atoms with van der Waals surface area (Å²) < 4.78 is 4.98. The normalized spacial score (nSPS) is 11.9. The number of anilines is 1. The van der Waals surface area contributed by atoms with Gasteiger partial charge in [0.1, 0.15) is 6.33 Å². The van der Waals surface area contributed by atoms with E-state index in [1.807, 2.05) is 6.92 Å². The molecule has 1 aromatic heterocycles. The number of rotatable bonds is 4. The molecular formula is C9H14N4OS. The molecule has 0 bridgehead atoms. The fraction of sp³-hybridized carbons (Fsp3) is 0.444. The van der Waals surface area contributed by atoms with Crippen LogP contribution in [0.2, 0.25) is 0 Å². The molecule has 2 N–H and O–H groups in total. The molecule has 0 saturated heterocycles. The first-order valence-corrected chi connectivity index (χ1v) is 4.94. The fourth-order valence-corrected chi connectivity index (χ4v) is 1.37. The van der Waals surface area contributed by atoms with Crippen molar-refractivity contribution >= 4 is 23.0 Å². The van der Waals surface area contributed by atoms with Crippen molar-refractivity contribution in [3.8, 4) is 0 Å². The molecule has 0 amide bonds. The van der Waals surface area contributed by atoms with Gasteiger partial charge in [0.15, 0.2) is 5.11 Å². The van der Waals surface area contributed by atoms with Crippen molar-refractivity contribution in [2.24, 2.45) is 0 Å². The van der Waals surface area contributed by atoms with Gasteiger partial charge in [-0.15, -0.1) is 0 Å². The van der Waals surface area contributed by atoms with Gasteiger partial charge in [-0.25, -0.2) is 9.97 Å². The van der Waals surface area contributed by atoms with Gasteiger partial charge in [0.05, 0.1) is 24.7 Å². The molecule has 1 atom stereocenters. The van der Waals surface area contributed by atoms with E-state index in [1.54, 1.807) is 19.5 Å². The SMILES string of the molecule is COCC(C)NC(=S)Nc1cncnc1. The molecule has 82 valence electrons. The maximum Gasteiger partial charge on any atom is 0.171 e. The van der Waals surface area contributed by atoms with Gasteiger partial charge in [-0.1, -0.05) is 0 Å². The van der Waals surface area contributed by atoms with Crippen LogP contribution in [0, 0.1) is 0 Å². The molecule has 0 aliphatic heterocycles. The van der Waals surface area contributed by atoms with Gasteiger partial charge in [-0.2, -0.15) is 0 Å². The smallest absolute Gasteiger partial charge is 0.171 e. The molecular weight excluding hydrogens is 212 g/mol. The monoisotopic (exact) mass is 226 g/mol. The number of nitrogens with one attached hydrogen (secondary N) is 2. The van der Waals surface area contributed by atoms with Crippen molar-refractivity contribution in [1.82, 2.24) is 15.3 Å². The van der Waals surface area contributed by atoms with Gasteiger partial charge in [-0.3, -0.25) is 0 Å². The molecule has 1 rings (SSSR count). The molecule has 0 radical (unpaired) electrons. The van der Waals surface area contributed by atoms with Gasteiger partial charge in [0.25, 0.3) is 0 Å². The number of aromatic nitrogens is 2. The Morgan fingerprint density at radius 3 is 2.80 bits per heavy atom. The summed E-state index contributed by atoms with van der Waals surface area (Å²) in [7, 11) is 1.65. The van der Waals surface area contributed by atoms with Crippen LogP contribution >= 0.6 is 12.2 Å². The minimum absolute atomic E-state index is 0.166. The highest BCUT2D eigenvalue weighted by molar-refractivity contribution is 7.80. The van der Waals surface area contributed by atoms with E-state index in [0.29, 0.717) is 11.7 Å². The van der Waals surface area contributed by atoms with Crippen molar-refractivity contribution in [1.29, 1.82) is 0 Å². The Labute approximate surface area is 94.3 Å². The number of ether oxygens (including phenoxy) is 1. The van der Waals surface area contributed by atoms with Crippen molar-refractivity contribution < 1.29 is 4.74 Å². The standard InChI is InChI=1S/C9H14N4OS/c1-7(5-14-2)12-9(15)13-8-3-10-6-11-4-8/h3-4,6-7H,5H2,1-2H3,(H2,12,13,15). The summed E-state index contributed by atoms with van der Waals surface area (Å²) in [6, 6.07) is 0.166. The predicted molar refractivity (Wildman–Crippen MR) is 62.7 cm³/mol. The number of nitrogens with zero attached hydrogens (tertiary/aromatic N) is 2. The van der Waals surface area contributed by atoms with Crippen LogP contribution in [0.25, 0.3) is 0 Å². The second kappa shape index (κ2) is 6.26. The van der Waals surface area contributed by atoms with Crippen LogP contribution in [-0.4, -0.2) is 34.8 Å². The van der Waals surface area contributed by atoms with Crippen LogP contribution in [0.1, 0.15) is 6.92 Å². The van der Waals surface area contributed by atoms with Crippen molar-refractivity contribution in [3.05, 3.63) is 18.7 Å². The molecule has 1 heterocycles. The Hall–Kier alpha value is -1.27. The lowest BCUT2D eigenvalue weighted by atomic mass is 10.4. The highest BCUT2D eigenvalue weighted by Gasteiger charge is 2.03. The Bertz CT molecular complexity index is 306. The lowest BCUT2D eigenvalue weighted by Crippen LogP contribution is -2.38. The Balaban J connectivity index is 2.36. The first kappa shape index (κ1) is 11.8. The first-order valence-electron chi connectivity index (χ1n) is 4.54. The van der Waals surface area contributed by atoms with Gasteiger partial charge < -0.3 is 15.4 Å².